The molecular weight excluding hydrogens is 236 g/mol. The van der Waals surface area contributed by atoms with Crippen LogP contribution in [0.25, 0.3) is 0 Å². The Kier molecular flexibility index (Phi) is 4.78. The number of benzene rings is 1. The largest absolute Gasteiger partial charge is 0.487 e. The van der Waals surface area contributed by atoms with Crippen molar-refractivity contribution in [3.63, 3.8) is 0 Å². The predicted octanol–water partition coefficient (Wildman–Crippen LogP) is 4.87. The molecule has 2 heteroatoms. The van der Waals surface area contributed by atoms with E-state index < -0.39 is 0 Å². The van der Waals surface area contributed by atoms with Crippen molar-refractivity contribution in [1.29, 1.82) is 0 Å². The van der Waals surface area contributed by atoms with Crippen molar-refractivity contribution < 1.29 is 9.53 Å². The third-order valence-corrected chi connectivity index (χ3v) is 3.87. The molecule has 0 amide bonds. The molecule has 0 aliphatic heterocycles. The lowest BCUT2D eigenvalue weighted by molar-refractivity contribution is 0.0799. The third-order valence-electron chi connectivity index (χ3n) is 3.87. The molecule has 0 fully saturated rings. The van der Waals surface area contributed by atoms with Gasteiger partial charge in [-0.15, -0.1) is 0 Å². The maximum atomic E-state index is 12.6. The molecule has 19 heavy (non-hydrogen) atoms. The van der Waals surface area contributed by atoms with E-state index in [0.29, 0.717) is 11.3 Å². The van der Waals surface area contributed by atoms with Gasteiger partial charge in [0.25, 0.3) is 0 Å². The minimum Gasteiger partial charge on any atom is -0.487 e. The fourth-order valence-electron chi connectivity index (χ4n) is 1.64. The summed E-state index contributed by atoms with van der Waals surface area (Å²) in [6.45, 7) is 12.2. The van der Waals surface area contributed by atoms with Crippen molar-refractivity contribution in [3.05, 3.63) is 29.8 Å². The molecule has 0 bridgehead atoms. The van der Waals surface area contributed by atoms with Crippen LogP contribution < -0.4 is 4.74 Å². The van der Waals surface area contributed by atoms with Crippen LogP contribution in [0, 0.1) is 5.41 Å². The van der Waals surface area contributed by atoms with Crippen molar-refractivity contribution in [2.45, 2.75) is 60.0 Å². The second kappa shape index (κ2) is 5.77. The first kappa shape index (κ1) is 15.7. The fourth-order valence-corrected chi connectivity index (χ4v) is 1.64. The van der Waals surface area contributed by atoms with E-state index in [2.05, 4.69) is 6.92 Å². The number of para-hydroxylation sites is 1. The first-order valence-electron chi connectivity index (χ1n) is 7.06. The summed E-state index contributed by atoms with van der Waals surface area (Å²) >= 11 is 0. The molecule has 0 atom stereocenters. The van der Waals surface area contributed by atoms with E-state index in [1.807, 2.05) is 58.9 Å². The molecule has 0 spiro atoms. The van der Waals surface area contributed by atoms with Crippen LogP contribution in [0.15, 0.2) is 24.3 Å². The molecule has 0 saturated heterocycles. The highest BCUT2D eigenvalue weighted by atomic mass is 16.5. The van der Waals surface area contributed by atoms with Gasteiger partial charge in [-0.1, -0.05) is 39.8 Å². The van der Waals surface area contributed by atoms with E-state index in [-0.39, 0.29) is 16.8 Å². The van der Waals surface area contributed by atoms with Crippen LogP contribution in [-0.2, 0) is 0 Å². The molecular formula is C17H26O2. The van der Waals surface area contributed by atoms with Crippen LogP contribution in [0.4, 0.5) is 0 Å². The zero-order valence-electron chi connectivity index (χ0n) is 13.0. The van der Waals surface area contributed by atoms with Crippen molar-refractivity contribution in [1.82, 2.24) is 0 Å². The molecule has 0 N–H and O–H groups in total. The fraction of sp³-hybridized carbons (Fsp3) is 0.588. The highest BCUT2D eigenvalue weighted by Gasteiger charge is 2.30. The lowest BCUT2D eigenvalue weighted by Gasteiger charge is -2.28. The van der Waals surface area contributed by atoms with Gasteiger partial charge in [0.15, 0.2) is 5.78 Å². The van der Waals surface area contributed by atoms with E-state index >= 15 is 0 Å². The van der Waals surface area contributed by atoms with Gasteiger partial charge in [-0.3, -0.25) is 4.79 Å². The molecule has 1 aromatic rings. The van der Waals surface area contributed by atoms with Gasteiger partial charge in [0.1, 0.15) is 11.4 Å². The summed E-state index contributed by atoms with van der Waals surface area (Å²) in [6.07, 6.45) is 1.71. The van der Waals surface area contributed by atoms with Gasteiger partial charge in [-0.25, -0.2) is 0 Å². The Morgan fingerprint density at radius 1 is 1.05 bits per heavy atom. The molecule has 0 aliphatic carbocycles. The monoisotopic (exact) mass is 262 g/mol. The molecule has 0 unspecified atom stereocenters. The van der Waals surface area contributed by atoms with Gasteiger partial charge >= 0.3 is 0 Å². The van der Waals surface area contributed by atoms with Gasteiger partial charge in [0, 0.05) is 5.41 Å². The minimum atomic E-state index is -0.351. The number of hydrogen-bond donors (Lipinski definition) is 0. The lowest BCUT2D eigenvalue weighted by Crippen LogP contribution is -2.29. The molecule has 1 rings (SSSR count). The van der Waals surface area contributed by atoms with Gasteiger partial charge in [0.05, 0.1) is 5.56 Å². The van der Waals surface area contributed by atoms with E-state index in [9.17, 15) is 4.79 Å². The first-order valence-corrected chi connectivity index (χ1v) is 7.06. The predicted molar refractivity (Wildman–Crippen MR) is 79.8 cm³/mol. The molecule has 0 saturated carbocycles. The normalized spacial score (nSPS) is 12.3. The van der Waals surface area contributed by atoms with Crippen molar-refractivity contribution in [2.75, 3.05) is 0 Å². The van der Waals surface area contributed by atoms with Crippen LogP contribution in [0.1, 0.15) is 64.7 Å². The molecule has 0 heterocycles. The number of hydrogen-bond acceptors (Lipinski definition) is 2. The van der Waals surface area contributed by atoms with Crippen LogP contribution in [-0.4, -0.2) is 11.4 Å². The van der Waals surface area contributed by atoms with Crippen LogP contribution in [0.2, 0.25) is 0 Å². The molecule has 1 aromatic carbocycles. The van der Waals surface area contributed by atoms with Crippen LogP contribution in [0.5, 0.6) is 5.75 Å². The summed E-state index contributed by atoms with van der Waals surface area (Å²) in [4.78, 5) is 12.6. The number of Topliss-reactive ketones (excluding diaryl/α,β-unsaturated/α-hetero) is 1. The average molecular weight is 262 g/mol. The standard InChI is InChI=1S/C17H26O2/c1-7-16(3,4)15(18)13-11-9-10-12-14(13)19-17(5,6)8-2/h9-12H,7-8H2,1-6H3. The average Bonchev–Trinajstić information content (AvgIpc) is 2.38. The number of carbonyl (C=O) groups is 1. The van der Waals surface area contributed by atoms with Gasteiger partial charge in [-0.2, -0.15) is 0 Å². The van der Waals surface area contributed by atoms with E-state index in [1.165, 1.54) is 0 Å². The summed E-state index contributed by atoms with van der Waals surface area (Å²) in [5, 5.41) is 0. The Labute approximate surface area is 117 Å². The number of carbonyl (C=O) groups excluding carboxylic acids is 1. The Hall–Kier alpha value is -1.31. The molecule has 0 aliphatic rings. The SMILES string of the molecule is CCC(C)(C)Oc1ccccc1C(=O)C(C)(C)CC. The van der Waals surface area contributed by atoms with Crippen LogP contribution in [0.3, 0.4) is 0 Å². The van der Waals surface area contributed by atoms with Crippen molar-refractivity contribution >= 4 is 5.78 Å². The minimum absolute atomic E-state index is 0.150. The molecule has 0 aromatic heterocycles. The van der Waals surface area contributed by atoms with E-state index in [0.717, 1.165) is 12.8 Å². The summed E-state index contributed by atoms with van der Waals surface area (Å²) < 4.78 is 6.02. The highest BCUT2D eigenvalue weighted by Crippen LogP contribution is 2.32. The van der Waals surface area contributed by atoms with Gasteiger partial charge < -0.3 is 4.74 Å². The Morgan fingerprint density at radius 2 is 1.63 bits per heavy atom. The summed E-state index contributed by atoms with van der Waals surface area (Å²) in [5.41, 5.74) is 0.0821. The van der Waals surface area contributed by atoms with Gasteiger partial charge in [-0.05, 0) is 38.8 Å². The zero-order chi connectivity index (χ0) is 14.7. The summed E-state index contributed by atoms with van der Waals surface area (Å²) in [5.74, 6) is 0.846. The smallest absolute Gasteiger partial charge is 0.172 e. The molecule has 0 radical (unpaired) electrons. The second-order valence-electron chi connectivity index (χ2n) is 6.28. The maximum Gasteiger partial charge on any atom is 0.172 e. The topological polar surface area (TPSA) is 26.3 Å². The summed E-state index contributed by atoms with van der Waals surface area (Å²) in [6, 6.07) is 7.55. The Balaban J connectivity index is 3.13. The van der Waals surface area contributed by atoms with Crippen molar-refractivity contribution in [3.8, 4) is 5.75 Å². The lowest BCUT2D eigenvalue weighted by atomic mass is 9.81. The summed E-state index contributed by atoms with van der Waals surface area (Å²) in [7, 11) is 0. The van der Waals surface area contributed by atoms with Crippen molar-refractivity contribution in [2.24, 2.45) is 5.41 Å². The van der Waals surface area contributed by atoms with E-state index in [1.54, 1.807) is 0 Å². The van der Waals surface area contributed by atoms with Crippen LogP contribution >= 0.6 is 0 Å². The second-order valence-corrected chi connectivity index (χ2v) is 6.28. The van der Waals surface area contributed by atoms with Gasteiger partial charge in [0.2, 0.25) is 0 Å². The number of ether oxygens (including phenoxy) is 1. The number of ketones is 1. The quantitative estimate of drug-likeness (QED) is 0.683. The first-order chi connectivity index (χ1) is 8.73. The third kappa shape index (κ3) is 3.82. The number of rotatable bonds is 6. The highest BCUT2D eigenvalue weighted by molar-refractivity contribution is 6.02. The Bertz CT molecular complexity index is 444. The molecule has 106 valence electrons. The maximum absolute atomic E-state index is 12.6. The zero-order valence-corrected chi connectivity index (χ0v) is 13.0. The van der Waals surface area contributed by atoms with E-state index in [4.69, 9.17) is 4.74 Å². The Morgan fingerprint density at radius 3 is 2.16 bits per heavy atom. The molecule has 2 nitrogen and oxygen atoms in total.